The van der Waals surface area contributed by atoms with Crippen LogP contribution in [0.4, 0.5) is 0 Å². The molecule has 0 aliphatic carbocycles. The Morgan fingerprint density at radius 2 is 1.92 bits per heavy atom. The monoisotopic (exact) mass is 414 g/mol. The molecule has 0 saturated carbocycles. The molecule has 26 heavy (non-hydrogen) atoms. The van der Waals surface area contributed by atoms with Crippen molar-refractivity contribution in [3.05, 3.63) is 51.2 Å². The van der Waals surface area contributed by atoms with E-state index in [2.05, 4.69) is 0 Å². The topological polar surface area (TPSA) is 66.9 Å². The number of nitrogens with zero attached hydrogens (tertiary/aromatic N) is 2. The van der Waals surface area contributed by atoms with Gasteiger partial charge in [-0.15, -0.1) is 11.3 Å². The second-order valence-electron chi connectivity index (χ2n) is 5.88. The Morgan fingerprint density at radius 1 is 1.23 bits per heavy atom. The standard InChI is InChI=1S/C17H19ClN2O4S2/c1-19(12-13-6-7-16(18)25-13)17(21)14-4-2-3-5-15(14)26(22,23)20-8-10-24-11-9-20/h2-7H,8-12H2,1H3. The molecule has 2 aromatic rings. The van der Waals surface area contributed by atoms with Gasteiger partial charge in [-0.05, 0) is 24.3 Å². The molecule has 0 unspecified atom stereocenters. The van der Waals surface area contributed by atoms with E-state index in [1.807, 2.05) is 6.07 Å². The van der Waals surface area contributed by atoms with E-state index in [9.17, 15) is 13.2 Å². The largest absolute Gasteiger partial charge is 0.379 e. The summed E-state index contributed by atoms with van der Waals surface area (Å²) in [5.74, 6) is -0.345. The minimum absolute atomic E-state index is 0.0305. The van der Waals surface area contributed by atoms with Gasteiger partial charge in [-0.1, -0.05) is 23.7 Å². The zero-order valence-corrected chi connectivity index (χ0v) is 16.6. The number of sulfonamides is 1. The molecule has 0 bridgehead atoms. The highest BCUT2D eigenvalue weighted by molar-refractivity contribution is 7.89. The van der Waals surface area contributed by atoms with Crippen LogP contribution in [0.3, 0.4) is 0 Å². The van der Waals surface area contributed by atoms with Gasteiger partial charge in [-0.3, -0.25) is 4.79 Å². The van der Waals surface area contributed by atoms with Gasteiger partial charge < -0.3 is 9.64 Å². The third-order valence-electron chi connectivity index (χ3n) is 4.07. The number of thiophene rings is 1. The molecule has 1 saturated heterocycles. The molecule has 140 valence electrons. The van der Waals surface area contributed by atoms with Gasteiger partial charge in [0.25, 0.3) is 5.91 Å². The fourth-order valence-electron chi connectivity index (χ4n) is 2.74. The SMILES string of the molecule is CN(Cc1ccc(Cl)s1)C(=O)c1ccccc1S(=O)(=O)N1CCOCC1. The Kier molecular flexibility index (Phi) is 5.99. The number of hydrogen-bond acceptors (Lipinski definition) is 5. The molecule has 6 nitrogen and oxygen atoms in total. The smallest absolute Gasteiger partial charge is 0.255 e. The fraction of sp³-hybridized carbons (Fsp3) is 0.353. The van der Waals surface area contributed by atoms with Gasteiger partial charge in [0.15, 0.2) is 0 Å². The van der Waals surface area contributed by atoms with Crippen LogP contribution < -0.4 is 0 Å². The molecule has 1 aliphatic rings. The number of ether oxygens (including phenoxy) is 1. The molecule has 1 aliphatic heterocycles. The van der Waals surface area contributed by atoms with Gasteiger partial charge in [0.1, 0.15) is 0 Å². The molecule has 3 rings (SSSR count). The van der Waals surface area contributed by atoms with Crippen LogP contribution in [0.2, 0.25) is 4.34 Å². The molecular formula is C17H19ClN2O4S2. The molecule has 1 amide bonds. The number of rotatable bonds is 5. The minimum Gasteiger partial charge on any atom is -0.379 e. The van der Waals surface area contributed by atoms with E-state index in [0.29, 0.717) is 24.1 Å². The normalized spacial score (nSPS) is 15.8. The van der Waals surface area contributed by atoms with E-state index in [1.165, 1.54) is 26.6 Å². The average Bonchev–Trinajstić information content (AvgIpc) is 3.06. The third-order valence-corrected chi connectivity index (χ3v) is 7.25. The Hall–Kier alpha value is -1.45. The van der Waals surface area contributed by atoms with E-state index in [-0.39, 0.29) is 29.5 Å². The van der Waals surface area contributed by atoms with Gasteiger partial charge in [-0.2, -0.15) is 4.31 Å². The summed E-state index contributed by atoms with van der Waals surface area (Å²) in [7, 11) is -2.11. The van der Waals surface area contributed by atoms with Crippen molar-refractivity contribution >= 4 is 38.9 Å². The maximum absolute atomic E-state index is 13.0. The predicted molar refractivity (Wildman–Crippen MR) is 101 cm³/mol. The van der Waals surface area contributed by atoms with Crippen LogP contribution in [0.25, 0.3) is 0 Å². The van der Waals surface area contributed by atoms with Crippen molar-refractivity contribution < 1.29 is 17.9 Å². The highest BCUT2D eigenvalue weighted by Crippen LogP contribution is 2.25. The average molecular weight is 415 g/mol. The summed E-state index contributed by atoms with van der Waals surface area (Å²) in [6.45, 7) is 1.65. The van der Waals surface area contributed by atoms with Crippen LogP contribution in [0, 0.1) is 0 Å². The summed E-state index contributed by atoms with van der Waals surface area (Å²) >= 11 is 7.32. The summed E-state index contributed by atoms with van der Waals surface area (Å²) in [6, 6.07) is 9.95. The lowest BCUT2D eigenvalue weighted by Crippen LogP contribution is -2.41. The van der Waals surface area contributed by atoms with Crippen LogP contribution in [0.5, 0.6) is 0 Å². The van der Waals surface area contributed by atoms with E-state index in [0.717, 1.165) is 4.88 Å². The second kappa shape index (κ2) is 8.06. The van der Waals surface area contributed by atoms with Gasteiger partial charge in [0.05, 0.1) is 34.6 Å². The second-order valence-corrected chi connectivity index (χ2v) is 9.59. The van der Waals surface area contributed by atoms with Gasteiger partial charge in [-0.25, -0.2) is 8.42 Å². The molecule has 0 atom stereocenters. The van der Waals surface area contributed by atoms with E-state index < -0.39 is 10.0 Å². The Bertz CT molecular complexity index is 892. The van der Waals surface area contributed by atoms with Crippen molar-refractivity contribution in [2.75, 3.05) is 33.4 Å². The zero-order valence-electron chi connectivity index (χ0n) is 14.2. The van der Waals surface area contributed by atoms with Crippen molar-refractivity contribution in [3.63, 3.8) is 0 Å². The summed E-state index contributed by atoms with van der Waals surface area (Å²) in [5, 5.41) is 0. The van der Waals surface area contributed by atoms with E-state index in [4.69, 9.17) is 16.3 Å². The van der Waals surface area contributed by atoms with Crippen LogP contribution in [-0.4, -0.2) is 56.9 Å². The summed E-state index contributed by atoms with van der Waals surface area (Å²) in [4.78, 5) is 15.4. The number of hydrogen-bond donors (Lipinski definition) is 0. The predicted octanol–water partition coefficient (Wildman–Crippen LogP) is 2.69. The Balaban J connectivity index is 1.87. The van der Waals surface area contributed by atoms with Gasteiger partial charge in [0, 0.05) is 25.0 Å². The maximum atomic E-state index is 13.0. The van der Waals surface area contributed by atoms with Crippen molar-refractivity contribution in [1.82, 2.24) is 9.21 Å². The fourth-order valence-corrected chi connectivity index (χ4v) is 5.48. The Morgan fingerprint density at radius 3 is 2.58 bits per heavy atom. The lowest BCUT2D eigenvalue weighted by molar-refractivity contribution is 0.0727. The van der Waals surface area contributed by atoms with Gasteiger partial charge >= 0.3 is 0 Å². The van der Waals surface area contributed by atoms with Gasteiger partial charge in [0.2, 0.25) is 10.0 Å². The van der Waals surface area contributed by atoms with Crippen LogP contribution in [0.15, 0.2) is 41.3 Å². The summed E-state index contributed by atoms with van der Waals surface area (Å²) < 4.78 is 33.2. The lowest BCUT2D eigenvalue weighted by atomic mass is 10.2. The van der Waals surface area contributed by atoms with Crippen molar-refractivity contribution in [3.8, 4) is 0 Å². The molecule has 9 heteroatoms. The lowest BCUT2D eigenvalue weighted by Gasteiger charge is -2.27. The third kappa shape index (κ3) is 4.10. The highest BCUT2D eigenvalue weighted by atomic mass is 35.5. The zero-order chi connectivity index (χ0) is 18.7. The van der Waals surface area contributed by atoms with Crippen molar-refractivity contribution in [2.24, 2.45) is 0 Å². The number of carbonyl (C=O) groups excluding carboxylic acids is 1. The quantitative estimate of drug-likeness (QED) is 0.754. The first kappa shape index (κ1) is 19.3. The summed E-state index contributed by atoms with van der Waals surface area (Å²) in [5.41, 5.74) is 0.171. The van der Waals surface area contributed by atoms with E-state index in [1.54, 1.807) is 31.3 Å². The number of amides is 1. The van der Waals surface area contributed by atoms with Crippen molar-refractivity contribution in [2.45, 2.75) is 11.4 Å². The first-order valence-electron chi connectivity index (χ1n) is 8.06. The molecule has 2 heterocycles. The highest BCUT2D eigenvalue weighted by Gasteiger charge is 2.30. The number of benzene rings is 1. The van der Waals surface area contributed by atoms with Crippen molar-refractivity contribution in [1.29, 1.82) is 0 Å². The molecule has 0 spiro atoms. The molecule has 0 N–H and O–H groups in total. The van der Waals surface area contributed by atoms with Crippen LogP contribution >= 0.6 is 22.9 Å². The number of morpholine rings is 1. The maximum Gasteiger partial charge on any atom is 0.255 e. The van der Waals surface area contributed by atoms with E-state index >= 15 is 0 Å². The molecular weight excluding hydrogens is 396 g/mol. The first-order valence-corrected chi connectivity index (χ1v) is 10.7. The minimum atomic E-state index is -3.75. The first-order chi connectivity index (χ1) is 12.4. The van der Waals surface area contributed by atoms with Crippen LogP contribution in [0.1, 0.15) is 15.2 Å². The number of halogens is 1. The summed E-state index contributed by atoms with van der Waals surface area (Å²) in [6.07, 6.45) is 0. The molecule has 1 aromatic heterocycles. The molecule has 0 radical (unpaired) electrons. The molecule has 1 aromatic carbocycles. The Labute approximate surface area is 162 Å². The molecule has 1 fully saturated rings. The number of carbonyl (C=O) groups is 1. The van der Waals surface area contributed by atoms with Crippen LogP contribution in [-0.2, 0) is 21.3 Å².